The number of sulfonamides is 1. The molecular weight excluding hydrogens is 426 g/mol. The number of rotatable bonds is 7. The monoisotopic (exact) mass is 455 g/mol. The van der Waals surface area contributed by atoms with E-state index in [0.29, 0.717) is 17.1 Å². The summed E-state index contributed by atoms with van der Waals surface area (Å²) in [5.74, 6) is -0.958. The molecule has 4 rings (SSSR count). The van der Waals surface area contributed by atoms with E-state index < -0.39 is 28.0 Å². The lowest BCUT2D eigenvalue weighted by molar-refractivity contribution is -0.140. The minimum absolute atomic E-state index is 0.0200. The van der Waals surface area contributed by atoms with Gasteiger partial charge < -0.3 is 9.52 Å². The fourth-order valence-corrected chi connectivity index (χ4v) is 5.68. The van der Waals surface area contributed by atoms with Crippen LogP contribution < -0.4 is 4.72 Å². The third-order valence-electron chi connectivity index (χ3n) is 6.20. The van der Waals surface area contributed by atoms with Crippen LogP contribution in [0.3, 0.4) is 0 Å². The minimum Gasteiger partial charge on any atom is -0.480 e. The van der Waals surface area contributed by atoms with Crippen LogP contribution in [-0.2, 0) is 14.8 Å². The molecule has 7 heteroatoms. The van der Waals surface area contributed by atoms with Gasteiger partial charge in [-0.2, -0.15) is 4.72 Å². The SMILES string of the molecule is CC(C)[C@H](NS(=O)(=O)c1ccc2c(c1)oc1ccc(/C=C/C3CCCCC3)cc12)C(=O)O. The lowest BCUT2D eigenvalue weighted by Gasteiger charge is -2.17. The molecule has 1 aliphatic carbocycles. The second-order valence-corrected chi connectivity index (χ2v) is 10.7. The van der Waals surface area contributed by atoms with Crippen molar-refractivity contribution in [1.82, 2.24) is 4.72 Å². The Labute approximate surface area is 188 Å². The van der Waals surface area contributed by atoms with E-state index >= 15 is 0 Å². The van der Waals surface area contributed by atoms with Gasteiger partial charge in [0, 0.05) is 16.8 Å². The van der Waals surface area contributed by atoms with E-state index in [2.05, 4.69) is 22.9 Å². The molecule has 170 valence electrons. The number of hydrogen-bond acceptors (Lipinski definition) is 4. The summed E-state index contributed by atoms with van der Waals surface area (Å²) in [6.07, 6.45) is 10.9. The fraction of sp³-hybridized carbons (Fsp3) is 0.400. The predicted octanol–water partition coefficient (Wildman–Crippen LogP) is 5.57. The van der Waals surface area contributed by atoms with Crippen molar-refractivity contribution in [2.24, 2.45) is 11.8 Å². The number of carboxylic acid groups (broad SMARTS) is 1. The molecule has 0 spiro atoms. The molecule has 3 aromatic rings. The number of nitrogens with one attached hydrogen (secondary N) is 1. The van der Waals surface area contributed by atoms with Crippen LogP contribution in [0.4, 0.5) is 0 Å². The van der Waals surface area contributed by atoms with E-state index in [-0.39, 0.29) is 4.90 Å². The number of allylic oxidation sites excluding steroid dienone is 1. The van der Waals surface area contributed by atoms with E-state index in [1.165, 1.54) is 44.2 Å². The van der Waals surface area contributed by atoms with Crippen LogP contribution in [0.5, 0.6) is 0 Å². The number of carboxylic acids is 1. The summed E-state index contributed by atoms with van der Waals surface area (Å²) in [5.41, 5.74) is 2.22. The van der Waals surface area contributed by atoms with Crippen LogP contribution in [0, 0.1) is 11.8 Å². The summed E-state index contributed by atoms with van der Waals surface area (Å²) in [5, 5.41) is 11.1. The van der Waals surface area contributed by atoms with E-state index in [0.717, 1.165) is 16.3 Å². The highest BCUT2D eigenvalue weighted by Crippen LogP contribution is 2.32. The van der Waals surface area contributed by atoms with Crippen LogP contribution in [0.1, 0.15) is 51.5 Å². The van der Waals surface area contributed by atoms with Crippen LogP contribution in [0.25, 0.3) is 28.0 Å². The van der Waals surface area contributed by atoms with E-state index in [4.69, 9.17) is 4.42 Å². The van der Waals surface area contributed by atoms with E-state index in [9.17, 15) is 18.3 Å². The molecule has 1 atom stereocenters. The average Bonchev–Trinajstić information content (AvgIpc) is 3.13. The highest BCUT2D eigenvalue weighted by Gasteiger charge is 2.28. The summed E-state index contributed by atoms with van der Waals surface area (Å²) < 4.78 is 33.7. The van der Waals surface area contributed by atoms with Gasteiger partial charge in [-0.3, -0.25) is 4.79 Å². The molecular formula is C25H29NO5S. The number of furan rings is 1. The maximum absolute atomic E-state index is 12.8. The van der Waals surface area contributed by atoms with Gasteiger partial charge >= 0.3 is 5.97 Å². The zero-order valence-corrected chi connectivity index (χ0v) is 19.2. The zero-order valence-electron chi connectivity index (χ0n) is 18.4. The molecule has 0 bridgehead atoms. The summed E-state index contributed by atoms with van der Waals surface area (Å²) in [6.45, 7) is 3.31. The Balaban J connectivity index is 1.64. The van der Waals surface area contributed by atoms with Gasteiger partial charge in [0.05, 0.1) is 4.90 Å². The van der Waals surface area contributed by atoms with Gasteiger partial charge in [-0.15, -0.1) is 0 Å². The Morgan fingerprint density at radius 3 is 2.50 bits per heavy atom. The summed E-state index contributed by atoms with van der Waals surface area (Å²) in [4.78, 5) is 11.4. The third kappa shape index (κ3) is 4.74. The first-order chi connectivity index (χ1) is 15.2. The van der Waals surface area contributed by atoms with Gasteiger partial charge in [0.25, 0.3) is 0 Å². The van der Waals surface area contributed by atoms with Crippen LogP contribution in [0.2, 0.25) is 0 Å². The molecule has 1 fully saturated rings. The number of carbonyl (C=O) groups is 1. The fourth-order valence-electron chi connectivity index (χ4n) is 4.33. The van der Waals surface area contributed by atoms with Crippen LogP contribution in [-0.4, -0.2) is 25.5 Å². The highest BCUT2D eigenvalue weighted by atomic mass is 32.2. The molecule has 1 aliphatic rings. The summed E-state index contributed by atoms with van der Waals surface area (Å²) >= 11 is 0. The normalized spacial score (nSPS) is 17.0. The van der Waals surface area contributed by atoms with Gasteiger partial charge in [0.15, 0.2) is 0 Å². The first kappa shape index (κ1) is 22.6. The number of benzene rings is 2. The zero-order chi connectivity index (χ0) is 22.9. The lowest BCUT2D eigenvalue weighted by Crippen LogP contribution is -2.44. The Hall–Kier alpha value is -2.64. The van der Waals surface area contributed by atoms with Crippen LogP contribution >= 0.6 is 0 Å². The molecule has 1 saturated carbocycles. The topological polar surface area (TPSA) is 96.6 Å². The Kier molecular flexibility index (Phi) is 6.40. The molecule has 0 unspecified atom stereocenters. The number of fused-ring (bicyclic) bond motifs is 3. The van der Waals surface area contributed by atoms with Crippen molar-refractivity contribution in [3.8, 4) is 0 Å². The van der Waals surface area contributed by atoms with Gasteiger partial charge in [-0.05, 0) is 54.5 Å². The van der Waals surface area contributed by atoms with Crippen molar-refractivity contribution in [2.75, 3.05) is 0 Å². The smallest absolute Gasteiger partial charge is 0.322 e. The standard InChI is InChI=1S/C25H29NO5S/c1-16(2)24(25(27)28)26-32(29,30)19-11-12-20-21-14-18(9-8-17-6-4-3-5-7-17)10-13-22(21)31-23(20)15-19/h8-17,24,26H,3-7H2,1-2H3,(H,27,28)/b9-8+/t24-/m0/s1. The van der Waals surface area contributed by atoms with Gasteiger partial charge in [-0.1, -0.05) is 51.3 Å². The number of aliphatic carboxylic acids is 1. The first-order valence-corrected chi connectivity index (χ1v) is 12.6. The Bertz CT molecular complexity index is 1270. The molecule has 0 amide bonds. The molecule has 1 aromatic heterocycles. The molecule has 1 heterocycles. The van der Waals surface area contributed by atoms with Crippen molar-refractivity contribution in [1.29, 1.82) is 0 Å². The highest BCUT2D eigenvalue weighted by molar-refractivity contribution is 7.89. The van der Waals surface area contributed by atoms with Crippen molar-refractivity contribution in [2.45, 2.75) is 56.9 Å². The molecule has 32 heavy (non-hydrogen) atoms. The average molecular weight is 456 g/mol. The van der Waals surface area contributed by atoms with Crippen molar-refractivity contribution >= 4 is 44.0 Å². The van der Waals surface area contributed by atoms with E-state index in [1.54, 1.807) is 19.9 Å². The lowest BCUT2D eigenvalue weighted by atomic mass is 9.89. The second kappa shape index (κ2) is 9.08. The molecule has 0 aliphatic heterocycles. The quantitative estimate of drug-likeness (QED) is 0.486. The molecule has 0 radical (unpaired) electrons. The Morgan fingerprint density at radius 1 is 1.06 bits per heavy atom. The summed E-state index contributed by atoms with van der Waals surface area (Å²) in [6, 6.07) is 9.43. The molecule has 2 aromatic carbocycles. The van der Waals surface area contributed by atoms with Crippen molar-refractivity contribution in [3.05, 3.63) is 48.0 Å². The Morgan fingerprint density at radius 2 is 1.81 bits per heavy atom. The van der Waals surface area contributed by atoms with E-state index in [1.807, 2.05) is 12.1 Å². The maximum atomic E-state index is 12.8. The third-order valence-corrected chi connectivity index (χ3v) is 7.64. The van der Waals surface area contributed by atoms with Crippen molar-refractivity contribution < 1.29 is 22.7 Å². The predicted molar refractivity (Wildman–Crippen MR) is 126 cm³/mol. The maximum Gasteiger partial charge on any atom is 0.322 e. The summed E-state index contributed by atoms with van der Waals surface area (Å²) in [7, 11) is -4.01. The van der Waals surface area contributed by atoms with Gasteiger partial charge in [-0.25, -0.2) is 8.42 Å². The number of hydrogen-bond donors (Lipinski definition) is 2. The first-order valence-electron chi connectivity index (χ1n) is 11.1. The molecule has 0 saturated heterocycles. The largest absolute Gasteiger partial charge is 0.480 e. The molecule has 6 nitrogen and oxygen atoms in total. The van der Waals surface area contributed by atoms with Crippen LogP contribution in [0.15, 0.2) is 51.8 Å². The van der Waals surface area contributed by atoms with Gasteiger partial charge in [0.1, 0.15) is 17.2 Å². The van der Waals surface area contributed by atoms with Gasteiger partial charge in [0.2, 0.25) is 10.0 Å². The molecule has 2 N–H and O–H groups in total. The van der Waals surface area contributed by atoms with Crippen molar-refractivity contribution in [3.63, 3.8) is 0 Å². The minimum atomic E-state index is -4.01. The second-order valence-electron chi connectivity index (χ2n) is 8.95.